The van der Waals surface area contributed by atoms with Gasteiger partial charge in [-0.15, -0.1) is 0 Å². The molecule has 2 aliphatic carbocycles. The third kappa shape index (κ3) is 4.16. The highest BCUT2D eigenvalue weighted by molar-refractivity contribution is 5.79. The fourth-order valence-corrected chi connectivity index (χ4v) is 5.79. The second-order valence-corrected chi connectivity index (χ2v) is 9.39. The summed E-state index contributed by atoms with van der Waals surface area (Å²) in [4.78, 5) is 13.1. The minimum Gasteiger partial charge on any atom is -0.449 e. The molecule has 4 nitrogen and oxygen atoms in total. The van der Waals surface area contributed by atoms with Crippen LogP contribution >= 0.6 is 0 Å². The van der Waals surface area contributed by atoms with Crippen molar-refractivity contribution >= 4 is 6.09 Å². The standard InChI is InChI=1S/C29H31NO3/c31-20-29(17-9-2-10-18-29)27(21-11-3-1-4-12-21)30-28(32)33-19-26-24-15-7-5-13-22(24)23-14-6-8-16-25(23)26/h1,3-8,11-16,26-27,31H,2,9-10,17-20H2,(H,30,32). The van der Waals surface area contributed by atoms with Gasteiger partial charge in [-0.05, 0) is 40.7 Å². The van der Waals surface area contributed by atoms with E-state index in [0.29, 0.717) is 0 Å². The van der Waals surface area contributed by atoms with Crippen LogP contribution in [-0.4, -0.2) is 24.4 Å². The van der Waals surface area contributed by atoms with Crippen LogP contribution in [0.25, 0.3) is 11.1 Å². The molecular formula is C29H31NO3. The molecule has 0 radical (unpaired) electrons. The van der Waals surface area contributed by atoms with Crippen LogP contribution in [0.3, 0.4) is 0 Å². The van der Waals surface area contributed by atoms with Gasteiger partial charge in [-0.2, -0.15) is 0 Å². The molecule has 0 heterocycles. The Morgan fingerprint density at radius 3 is 2.06 bits per heavy atom. The molecule has 3 aromatic rings. The van der Waals surface area contributed by atoms with Crippen LogP contribution < -0.4 is 5.32 Å². The molecule has 1 fully saturated rings. The number of ether oxygens (including phenoxy) is 1. The van der Waals surface area contributed by atoms with Gasteiger partial charge in [0.25, 0.3) is 0 Å². The van der Waals surface area contributed by atoms with E-state index < -0.39 is 6.09 Å². The number of hydrogen-bond acceptors (Lipinski definition) is 3. The third-order valence-electron chi connectivity index (χ3n) is 7.52. The van der Waals surface area contributed by atoms with E-state index in [2.05, 4.69) is 41.7 Å². The summed E-state index contributed by atoms with van der Waals surface area (Å²) in [7, 11) is 0. The van der Waals surface area contributed by atoms with E-state index in [0.717, 1.165) is 31.2 Å². The second-order valence-electron chi connectivity index (χ2n) is 9.39. The van der Waals surface area contributed by atoms with Crippen LogP contribution in [0.15, 0.2) is 78.9 Å². The highest BCUT2D eigenvalue weighted by Gasteiger charge is 2.41. The average molecular weight is 442 g/mol. The number of aliphatic hydroxyl groups excluding tert-OH is 1. The summed E-state index contributed by atoms with van der Waals surface area (Å²) in [5.41, 5.74) is 5.49. The van der Waals surface area contributed by atoms with Gasteiger partial charge in [-0.25, -0.2) is 4.79 Å². The Balaban J connectivity index is 1.35. The lowest BCUT2D eigenvalue weighted by molar-refractivity contribution is 0.0385. The molecule has 0 spiro atoms. The summed E-state index contributed by atoms with van der Waals surface area (Å²) in [6.45, 7) is 0.337. The van der Waals surface area contributed by atoms with Crippen LogP contribution in [0.2, 0.25) is 0 Å². The quantitative estimate of drug-likeness (QED) is 0.478. The normalized spacial score (nSPS) is 17.6. The molecule has 1 atom stereocenters. The van der Waals surface area contributed by atoms with Crippen molar-refractivity contribution in [3.05, 3.63) is 95.6 Å². The molecule has 170 valence electrons. The Morgan fingerprint density at radius 2 is 1.45 bits per heavy atom. The Morgan fingerprint density at radius 1 is 0.879 bits per heavy atom. The lowest BCUT2D eigenvalue weighted by atomic mass is 9.67. The molecule has 0 saturated heterocycles. The maximum atomic E-state index is 13.1. The molecule has 0 aliphatic heterocycles. The highest BCUT2D eigenvalue weighted by atomic mass is 16.5. The monoisotopic (exact) mass is 441 g/mol. The van der Waals surface area contributed by atoms with Gasteiger partial charge in [-0.1, -0.05) is 98.1 Å². The topological polar surface area (TPSA) is 58.6 Å². The van der Waals surface area contributed by atoms with Crippen LogP contribution in [0, 0.1) is 5.41 Å². The van der Waals surface area contributed by atoms with E-state index in [1.807, 2.05) is 42.5 Å². The predicted molar refractivity (Wildman–Crippen MR) is 130 cm³/mol. The molecule has 5 rings (SSSR count). The summed E-state index contributed by atoms with van der Waals surface area (Å²) < 4.78 is 5.84. The van der Waals surface area contributed by atoms with Gasteiger partial charge in [0.2, 0.25) is 0 Å². The number of benzene rings is 3. The minimum absolute atomic E-state index is 0.0276. The van der Waals surface area contributed by atoms with E-state index in [1.54, 1.807) is 0 Å². The lowest BCUT2D eigenvalue weighted by Crippen LogP contribution is -2.45. The number of hydrogen-bond donors (Lipinski definition) is 2. The highest BCUT2D eigenvalue weighted by Crippen LogP contribution is 2.46. The Labute approximate surface area is 195 Å². The Bertz CT molecular complexity index is 1060. The number of aliphatic hydroxyl groups is 1. The zero-order valence-electron chi connectivity index (χ0n) is 18.9. The molecule has 1 saturated carbocycles. The SMILES string of the molecule is O=C(NC(c1ccccc1)C1(CO)CCCCC1)OCC1c2ccccc2-c2ccccc21. The number of fused-ring (bicyclic) bond motifs is 3. The smallest absolute Gasteiger partial charge is 0.407 e. The van der Waals surface area contributed by atoms with Crippen molar-refractivity contribution in [3.63, 3.8) is 0 Å². The number of rotatable bonds is 6. The zero-order valence-corrected chi connectivity index (χ0v) is 18.9. The summed E-state index contributed by atoms with van der Waals surface area (Å²) in [5.74, 6) is 0.0276. The fraction of sp³-hybridized carbons (Fsp3) is 0.345. The molecule has 1 amide bonds. The molecule has 2 N–H and O–H groups in total. The van der Waals surface area contributed by atoms with E-state index >= 15 is 0 Å². The summed E-state index contributed by atoms with van der Waals surface area (Å²) in [6.07, 6.45) is 4.67. The van der Waals surface area contributed by atoms with Crippen molar-refractivity contribution in [2.75, 3.05) is 13.2 Å². The largest absolute Gasteiger partial charge is 0.449 e. The molecule has 33 heavy (non-hydrogen) atoms. The maximum absolute atomic E-state index is 13.1. The van der Waals surface area contributed by atoms with Gasteiger partial charge < -0.3 is 15.2 Å². The minimum atomic E-state index is -0.427. The number of carbonyl (C=O) groups is 1. The number of nitrogens with one attached hydrogen (secondary N) is 1. The Hall–Kier alpha value is -3.11. The lowest BCUT2D eigenvalue weighted by Gasteiger charge is -2.42. The molecule has 4 heteroatoms. The Kier molecular flexibility index (Phi) is 6.19. The van der Waals surface area contributed by atoms with Crippen LogP contribution in [0.5, 0.6) is 0 Å². The average Bonchev–Trinajstić information content (AvgIpc) is 3.20. The predicted octanol–water partition coefficient (Wildman–Crippen LogP) is 6.21. The van der Waals surface area contributed by atoms with Crippen LogP contribution in [-0.2, 0) is 4.74 Å². The van der Waals surface area contributed by atoms with Gasteiger partial charge in [0, 0.05) is 11.3 Å². The maximum Gasteiger partial charge on any atom is 0.407 e. The number of amides is 1. The molecule has 0 bridgehead atoms. The first-order chi connectivity index (χ1) is 16.2. The molecule has 3 aromatic carbocycles. The molecule has 2 aliphatic rings. The van der Waals surface area contributed by atoms with E-state index in [1.165, 1.54) is 28.7 Å². The van der Waals surface area contributed by atoms with E-state index in [-0.39, 0.29) is 30.6 Å². The van der Waals surface area contributed by atoms with Crippen molar-refractivity contribution in [2.45, 2.75) is 44.1 Å². The number of carbonyl (C=O) groups excluding carboxylic acids is 1. The molecule has 1 unspecified atom stereocenters. The first kappa shape index (κ1) is 21.7. The number of alkyl carbamates (subject to hydrolysis) is 1. The van der Waals surface area contributed by atoms with Gasteiger partial charge >= 0.3 is 6.09 Å². The fourth-order valence-electron chi connectivity index (χ4n) is 5.79. The van der Waals surface area contributed by atoms with Crippen LogP contribution in [0.4, 0.5) is 4.79 Å². The van der Waals surface area contributed by atoms with Gasteiger partial charge in [0.05, 0.1) is 12.6 Å². The van der Waals surface area contributed by atoms with Gasteiger partial charge in [0.1, 0.15) is 6.61 Å². The van der Waals surface area contributed by atoms with Crippen LogP contribution in [0.1, 0.15) is 60.8 Å². The summed E-state index contributed by atoms with van der Waals surface area (Å²) >= 11 is 0. The third-order valence-corrected chi connectivity index (χ3v) is 7.52. The van der Waals surface area contributed by atoms with Gasteiger partial charge in [-0.3, -0.25) is 0 Å². The van der Waals surface area contributed by atoms with Crippen molar-refractivity contribution in [1.29, 1.82) is 0 Å². The molecule has 0 aromatic heterocycles. The first-order valence-corrected chi connectivity index (χ1v) is 12.0. The summed E-state index contributed by atoms with van der Waals surface area (Å²) in [5, 5.41) is 13.6. The van der Waals surface area contributed by atoms with E-state index in [9.17, 15) is 9.90 Å². The van der Waals surface area contributed by atoms with Gasteiger partial charge in [0.15, 0.2) is 0 Å². The van der Waals surface area contributed by atoms with E-state index in [4.69, 9.17) is 4.74 Å². The van der Waals surface area contributed by atoms with Crippen molar-refractivity contribution in [2.24, 2.45) is 5.41 Å². The van der Waals surface area contributed by atoms with Crippen molar-refractivity contribution in [3.8, 4) is 11.1 Å². The van der Waals surface area contributed by atoms with Crippen molar-refractivity contribution in [1.82, 2.24) is 5.32 Å². The zero-order chi connectivity index (χ0) is 22.7. The molecular weight excluding hydrogens is 410 g/mol. The summed E-state index contributed by atoms with van der Waals surface area (Å²) in [6, 6.07) is 26.4. The second kappa shape index (κ2) is 9.40. The first-order valence-electron chi connectivity index (χ1n) is 12.0. The van der Waals surface area contributed by atoms with Crippen molar-refractivity contribution < 1.29 is 14.6 Å².